The molecule has 0 aliphatic carbocycles. The van der Waals surface area contributed by atoms with Crippen LogP contribution in [0.1, 0.15) is 39.5 Å². The lowest BCUT2D eigenvalue weighted by molar-refractivity contribution is 0.679. The van der Waals surface area contributed by atoms with Gasteiger partial charge in [-0.15, -0.1) is 0 Å². The van der Waals surface area contributed by atoms with Crippen LogP contribution in [0.4, 0.5) is 5.69 Å². The highest BCUT2D eigenvalue weighted by Crippen LogP contribution is 2.35. The molecule has 0 bridgehead atoms. The van der Waals surface area contributed by atoms with Crippen molar-refractivity contribution in [1.29, 1.82) is 0 Å². The summed E-state index contributed by atoms with van der Waals surface area (Å²) in [5.74, 6) is 1.07. The van der Waals surface area contributed by atoms with Gasteiger partial charge in [-0.1, -0.05) is 38.8 Å². The molecular formula is C20H27N3. The zero-order chi connectivity index (χ0) is 16.2. The third kappa shape index (κ3) is 3.05. The fourth-order valence-corrected chi connectivity index (χ4v) is 3.23. The second-order valence-electron chi connectivity index (χ2n) is 6.34. The molecule has 0 unspecified atom stereocenters. The first-order chi connectivity index (χ1) is 11.3. The van der Waals surface area contributed by atoms with Crippen LogP contribution in [-0.4, -0.2) is 22.6 Å². The zero-order valence-corrected chi connectivity index (χ0v) is 14.5. The van der Waals surface area contributed by atoms with Crippen molar-refractivity contribution in [3.63, 3.8) is 0 Å². The Morgan fingerprint density at radius 1 is 1.00 bits per heavy atom. The molecule has 0 radical (unpaired) electrons. The number of para-hydroxylation sites is 1. The first kappa shape index (κ1) is 15.9. The van der Waals surface area contributed by atoms with Gasteiger partial charge in [0.25, 0.3) is 0 Å². The van der Waals surface area contributed by atoms with E-state index in [1.807, 2.05) is 0 Å². The van der Waals surface area contributed by atoms with E-state index in [4.69, 9.17) is 4.98 Å². The molecule has 1 aromatic rings. The predicted molar refractivity (Wildman–Crippen MR) is 99.4 cm³/mol. The lowest BCUT2D eigenvalue weighted by atomic mass is 10.1. The van der Waals surface area contributed by atoms with Crippen molar-refractivity contribution < 1.29 is 0 Å². The number of hydrogen-bond acceptors (Lipinski definition) is 2. The zero-order valence-electron chi connectivity index (χ0n) is 14.5. The van der Waals surface area contributed by atoms with Crippen molar-refractivity contribution in [3.8, 4) is 11.4 Å². The van der Waals surface area contributed by atoms with Gasteiger partial charge < -0.3 is 9.47 Å². The summed E-state index contributed by atoms with van der Waals surface area (Å²) in [6.07, 6.45) is 6.98. The van der Waals surface area contributed by atoms with Crippen LogP contribution in [0.3, 0.4) is 0 Å². The van der Waals surface area contributed by atoms with Gasteiger partial charge in [0, 0.05) is 37.3 Å². The Morgan fingerprint density at radius 3 is 2.43 bits per heavy atom. The van der Waals surface area contributed by atoms with E-state index in [-0.39, 0.29) is 0 Å². The Labute approximate surface area is 139 Å². The van der Waals surface area contributed by atoms with Crippen molar-refractivity contribution in [3.05, 3.63) is 36.5 Å². The molecule has 0 N–H and O–H groups in total. The number of aromatic nitrogens is 2. The maximum absolute atomic E-state index is 4.97. The van der Waals surface area contributed by atoms with E-state index >= 15 is 0 Å². The van der Waals surface area contributed by atoms with Gasteiger partial charge in [0.15, 0.2) is 0 Å². The molecule has 0 fully saturated rings. The van der Waals surface area contributed by atoms with Gasteiger partial charge in [0.2, 0.25) is 0 Å². The van der Waals surface area contributed by atoms with Gasteiger partial charge in [0.05, 0.1) is 11.2 Å². The van der Waals surface area contributed by atoms with Crippen LogP contribution in [-0.2, 0) is 7.05 Å². The van der Waals surface area contributed by atoms with Gasteiger partial charge >= 0.3 is 0 Å². The quantitative estimate of drug-likeness (QED) is 0.606. The molecule has 23 heavy (non-hydrogen) atoms. The third-order valence-electron chi connectivity index (χ3n) is 4.57. The number of benzene rings is 1. The summed E-state index contributed by atoms with van der Waals surface area (Å²) >= 11 is 0. The molecule has 0 aromatic heterocycles. The molecule has 0 atom stereocenters. The van der Waals surface area contributed by atoms with E-state index in [1.54, 1.807) is 0 Å². The Kier molecular flexibility index (Phi) is 4.85. The Balaban J connectivity index is 2.10. The molecule has 2 aliphatic rings. The first-order valence-electron chi connectivity index (χ1n) is 8.85. The minimum Gasteiger partial charge on any atom is -0.370 e. The highest BCUT2D eigenvalue weighted by atomic mass is 15.1. The number of unbranched alkanes of at least 4 members (excludes halogenated alkanes) is 2. The normalized spacial score (nSPS) is 11.4. The van der Waals surface area contributed by atoms with Crippen molar-refractivity contribution in [2.45, 2.75) is 39.5 Å². The molecule has 3 rings (SSSR count). The average Bonchev–Trinajstić information content (AvgIpc) is 2.96. The molecule has 2 aliphatic heterocycles. The summed E-state index contributed by atoms with van der Waals surface area (Å²) in [6.45, 7) is 6.75. The van der Waals surface area contributed by atoms with Crippen LogP contribution >= 0.6 is 0 Å². The van der Waals surface area contributed by atoms with E-state index < -0.39 is 0 Å². The van der Waals surface area contributed by atoms with Crippen LogP contribution in [0.5, 0.6) is 0 Å². The number of pyridine rings is 1. The van der Waals surface area contributed by atoms with E-state index in [0.717, 1.165) is 24.4 Å². The number of aryl methyl sites for hydroxylation is 1. The Hall–Kier alpha value is -2.03. The van der Waals surface area contributed by atoms with Crippen molar-refractivity contribution in [2.75, 3.05) is 18.0 Å². The van der Waals surface area contributed by atoms with Crippen LogP contribution in [0.2, 0.25) is 0 Å². The molecule has 2 heterocycles. The Morgan fingerprint density at radius 2 is 1.74 bits per heavy atom. The fraction of sp³-hybridized carbons (Fsp3) is 0.450. The molecule has 3 nitrogen and oxygen atoms in total. The summed E-state index contributed by atoms with van der Waals surface area (Å²) in [5.41, 5.74) is 3.69. The lowest BCUT2D eigenvalue weighted by Gasteiger charge is -2.25. The molecular weight excluding hydrogens is 282 g/mol. The minimum atomic E-state index is 1.07. The summed E-state index contributed by atoms with van der Waals surface area (Å²) in [7, 11) is 2.07. The second kappa shape index (κ2) is 7.03. The fourth-order valence-electron chi connectivity index (χ4n) is 3.23. The molecule has 0 saturated heterocycles. The number of rotatable bonds is 7. The third-order valence-corrected chi connectivity index (χ3v) is 4.57. The molecule has 3 heteroatoms. The maximum Gasteiger partial charge on any atom is 0.141 e. The summed E-state index contributed by atoms with van der Waals surface area (Å²) in [4.78, 5) is 7.50. The monoisotopic (exact) mass is 309 g/mol. The second-order valence-corrected chi connectivity index (χ2v) is 6.34. The highest BCUT2D eigenvalue weighted by Gasteiger charge is 2.18. The topological polar surface area (TPSA) is 21.1 Å². The van der Waals surface area contributed by atoms with Crippen LogP contribution < -0.4 is 4.90 Å². The van der Waals surface area contributed by atoms with Crippen LogP contribution in [0.25, 0.3) is 22.3 Å². The van der Waals surface area contributed by atoms with E-state index in [1.165, 1.54) is 42.3 Å². The summed E-state index contributed by atoms with van der Waals surface area (Å²) in [5, 5.41) is 1.27. The smallest absolute Gasteiger partial charge is 0.141 e. The van der Waals surface area contributed by atoms with E-state index in [0.29, 0.717) is 0 Å². The molecule has 0 saturated carbocycles. The lowest BCUT2D eigenvalue weighted by Crippen LogP contribution is -2.25. The first-order valence-corrected chi connectivity index (χ1v) is 8.85. The highest BCUT2D eigenvalue weighted by molar-refractivity contribution is 6.02. The number of hydrogen-bond donors (Lipinski definition) is 0. The number of fused-ring (bicyclic) bond motifs is 3. The maximum atomic E-state index is 4.97. The average molecular weight is 309 g/mol. The Bertz CT molecular complexity index is 736. The number of anilines is 1. The summed E-state index contributed by atoms with van der Waals surface area (Å²) < 4.78 is 2.11. The molecule has 0 amide bonds. The summed E-state index contributed by atoms with van der Waals surface area (Å²) in [6, 6.07) is 10.9. The van der Waals surface area contributed by atoms with Gasteiger partial charge in [-0.3, -0.25) is 0 Å². The van der Waals surface area contributed by atoms with Crippen molar-refractivity contribution in [1.82, 2.24) is 9.55 Å². The largest absolute Gasteiger partial charge is 0.370 e. The predicted octanol–water partition coefficient (Wildman–Crippen LogP) is 5.08. The standard InChI is InChI=1S/C20H27N3/c1-4-6-14-23(15-7-5-2)18-12-8-10-16-17-11-9-13-22(3)20(17)21-19(16)18/h8-13H,4-7,14-15H2,1-3H3. The SMILES string of the molecule is CCCCN(CCCC)c1cccc2c3cccn(C)c-3nc12. The number of nitrogens with zero attached hydrogens (tertiary/aromatic N) is 3. The van der Waals surface area contributed by atoms with Crippen molar-refractivity contribution in [2.24, 2.45) is 7.05 Å². The van der Waals surface area contributed by atoms with Gasteiger partial charge in [0.1, 0.15) is 5.82 Å². The van der Waals surface area contributed by atoms with Gasteiger partial charge in [-0.05, 0) is 31.0 Å². The van der Waals surface area contributed by atoms with Crippen LogP contribution in [0, 0.1) is 0 Å². The molecule has 122 valence electrons. The minimum absolute atomic E-state index is 1.07. The van der Waals surface area contributed by atoms with E-state index in [9.17, 15) is 0 Å². The van der Waals surface area contributed by atoms with Gasteiger partial charge in [-0.25, -0.2) is 4.98 Å². The molecule has 0 spiro atoms. The molecule has 1 aromatic carbocycles. The van der Waals surface area contributed by atoms with Crippen molar-refractivity contribution >= 4 is 16.6 Å². The van der Waals surface area contributed by atoms with Crippen LogP contribution in [0.15, 0.2) is 36.5 Å². The van der Waals surface area contributed by atoms with E-state index in [2.05, 4.69) is 66.9 Å². The van der Waals surface area contributed by atoms with Gasteiger partial charge in [-0.2, -0.15) is 0 Å².